The standard InChI is InChI=1S/C11H10N2O2/c1-8-2-4-10-12-6-9(13(10)7-8)3-5-11(14)15/h2-7H,1H3,(H,14,15)/b5-3-. The monoisotopic (exact) mass is 202 g/mol. The lowest BCUT2D eigenvalue weighted by Gasteiger charge is -1.97. The van der Waals surface area contributed by atoms with Gasteiger partial charge in [0.2, 0.25) is 0 Å². The van der Waals surface area contributed by atoms with E-state index in [9.17, 15) is 4.79 Å². The SMILES string of the molecule is Cc1ccc2ncc(/C=C\C(=O)O)n2c1. The Morgan fingerprint density at radius 1 is 1.53 bits per heavy atom. The van der Waals surface area contributed by atoms with Gasteiger partial charge >= 0.3 is 5.97 Å². The van der Waals surface area contributed by atoms with E-state index in [1.807, 2.05) is 29.7 Å². The highest BCUT2D eigenvalue weighted by molar-refractivity contribution is 5.85. The fourth-order valence-corrected chi connectivity index (χ4v) is 1.39. The molecule has 0 saturated heterocycles. The molecule has 0 spiro atoms. The number of nitrogens with zero attached hydrogens (tertiary/aromatic N) is 2. The molecule has 2 aromatic rings. The van der Waals surface area contributed by atoms with Gasteiger partial charge < -0.3 is 9.51 Å². The van der Waals surface area contributed by atoms with Crippen LogP contribution in [0.3, 0.4) is 0 Å². The molecule has 0 atom stereocenters. The predicted molar refractivity (Wildman–Crippen MR) is 56.6 cm³/mol. The highest BCUT2D eigenvalue weighted by atomic mass is 16.4. The maximum absolute atomic E-state index is 10.4. The number of hydrogen-bond acceptors (Lipinski definition) is 2. The molecule has 0 fully saturated rings. The zero-order valence-electron chi connectivity index (χ0n) is 8.21. The van der Waals surface area contributed by atoms with Crippen LogP contribution in [0.5, 0.6) is 0 Å². The summed E-state index contributed by atoms with van der Waals surface area (Å²) in [5, 5.41) is 8.52. The first-order valence-electron chi connectivity index (χ1n) is 4.51. The van der Waals surface area contributed by atoms with Crippen LogP contribution in [-0.4, -0.2) is 20.5 Å². The molecule has 15 heavy (non-hydrogen) atoms. The zero-order valence-corrected chi connectivity index (χ0v) is 8.21. The van der Waals surface area contributed by atoms with Crippen molar-refractivity contribution in [2.45, 2.75) is 6.92 Å². The average Bonchev–Trinajstić information content (AvgIpc) is 2.57. The van der Waals surface area contributed by atoms with Crippen LogP contribution in [0.1, 0.15) is 11.3 Å². The largest absolute Gasteiger partial charge is 0.478 e. The zero-order chi connectivity index (χ0) is 10.8. The number of carboxylic acids is 1. The molecule has 4 heteroatoms. The van der Waals surface area contributed by atoms with Gasteiger partial charge in [0.25, 0.3) is 0 Å². The van der Waals surface area contributed by atoms with Crippen LogP contribution in [-0.2, 0) is 4.79 Å². The number of fused-ring (bicyclic) bond motifs is 1. The van der Waals surface area contributed by atoms with Crippen LogP contribution < -0.4 is 0 Å². The first kappa shape index (κ1) is 9.45. The number of carboxylic acid groups (broad SMARTS) is 1. The van der Waals surface area contributed by atoms with Gasteiger partial charge in [0.15, 0.2) is 0 Å². The fourth-order valence-electron chi connectivity index (χ4n) is 1.39. The first-order valence-corrected chi connectivity index (χ1v) is 4.51. The second-order valence-corrected chi connectivity index (χ2v) is 3.29. The molecule has 0 unspecified atom stereocenters. The Labute approximate surface area is 86.5 Å². The Balaban J connectivity index is 2.52. The highest BCUT2D eigenvalue weighted by Gasteiger charge is 1.99. The van der Waals surface area contributed by atoms with E-state index in [1.165, 1.54) is 6.08 Å². The average molecular weight is 202 g/mol. The molecule has 2 heterocycles. The second-order valence-electron chi connectivity index (χ2n) is 3.29. The minimum atomic E-state index is -0.961. The maximum atomic E-state index is 10.4. The van der Waals surface area contributed by atoms with Crippen molar-refractivity contribution in [3.63, 3.8) is 0 Å². The Kier molecular flexibility index (Phi) is 2.25. The van der Waals surface area contributed by atoms with E-state index < -0.39 is 5.97 Å². The summed E-state index contributed by atoms with van der Waals surface area (Å²) in [7, 11) is 0. The minimum absolute atomic E-state index is 0.760. The highest BCUT2D eigenvalue weighted by Crippen LogP contribution is 2.09. The summed E-state index contributed by atoms with van der Waals surface area (Å²) in [5.74, 6) is -0.961. The second kappa shape index (κ2) is 3.57. The molecule has 1 N–H and O–H groups in total. The predicted octanol–water partition coefficient (Wildman–Crippen LogP) is 1.74. The number of rotatable bonds is 2. The van der Waals surface area contributed by atoms with E-state index in [4.69, 9.17) is 5.11 Å². The van der Waals surface area contributed by atoms with E-state index in [1.54, 1.807) is 6.20 Å². The normalized spacial score (nSPS) is 11.3. The molecule has 0 aliphatic rings. The Morgan fingerprint density at radius 2 is 2.33 bits per heavy atom. The lowest BCUT2D eigenvalue weighted by atomic mass is 10.3. The van der Waals surface area contributed by atoms with Gasteiger partial charge in [0.1, 0.15) is 5.65 Å². The lowest BCUT2D eigenvalue weighted by Crippen LogP contribution is -1.90. The summed E-state index contributed by atoms with van der Waals surface area (Å²) in [6, 6.07) is 3.86. The number of aliphatic carboxylic acids is 1. The van der Waals surface area contributed by atoms with Crippen LogP contribution in [0.15, 0.2) is 30.6 Å². The maximum Gasteiger partial charge on any atom is 0.328 e. The Morgan fingerprint density at radius 3 is 3.07 bits per heavy atom. The van der Waals surface area contributed by atoms with Crippen molar-refractivity contribution in [2.75, 3.05) is 0 Å². The van der Waals surface area contributed by atoms with Crippen LogP contribution in [0.4, 0.5) is 0 Å². The minimum Gasteiger partial charge on any atom is -0.478 e. The molecule has 2 rings (SSSR count). The van der Waals surface area contributed by atoms with Crippen LogP contribution in [0.25, 0.3) is 11.7 Å². The number of pyridine rings is 1. The third kappa shape index (κ3) is 1.88. The molecule has 0 radical (unpaired) electrons. The number of aryl methyl sites for hydroxylation is 1. The van der Waals surface area contributed by atoms with E-state index in [0.717, 1.165) is 23.0 Å². The number of imidazole rings is 1. The molecule has 0 bridgehead atoms. The lowest BCUT2D eigenvalue weighted by molar-refractivity contribution is -0.131. The van der Waals surface area contributed by atoms with Crippen molar-refractivity contribution < 1.29 is 9.90 Å². The molecular formula is C11H10N2O2. The summed E-state index contributed by atoms with van der Waals surface area (Å²) in [5.41, 5.74) is 2.67. The number of carbonyl (C=O) groups is 1. The van der Waals surface area contributed by atoms with Gasteiger partial charge in [-0.25, -0.2) is 9.78 Å². The number of aromatic nitrogens is 2. The van der Waals surface area contributed by atoms with E-state index in [0.29, 0.717) is 0 Å². The topological polar surface area (TPSA) is 54.6 Å². The van der Waals surface area contributed by atoms with E-state index in [2.05, 4.69) is 4.98 Å². The third-order valence-corrected chi connectivity index (χ3v) is 2.08. The third-order valence-electron chi connectivity index (χ3n) is 2.08. The van der Waals surface area contributed by atoms with Gasteiger partial charge in [0.05, 0.1) is 11.9 Å². The van der Waals surface area contributed by atoms with Crippen molar-refractivity contribution in [1.82, 2.24) is 9.38 Å². The summed E-state index contributed by atoms with van der Waals surface area (Å²) in [6.07, 6.45) is 6.20. The molecule has 0 aliphatic carbocycles. The molecule has 0 amide bonds. The molecule has 76 valence electrons. The molecule has 0 aromatic carbocycles. The van der Waals surface area contributed by atoms with Gasteiger partial charge in [-0.2, -0.15) is 0 Å². The van der Waals surface area contributed by atoms with Crippen LogP contribution in [0.2, 0.25) is 0 Å². The van der Waals surface area contributed by atoms with Crippen molar-refractivity contribution >= 4 is 17.7 Å². The Hall–Kier alpha value is -2.10. The van der Waals surface area contributed by atoms with Crippen LogP contribution in [0, 0.1) is 6.92 Å². The quantitative estimate of drug-likeness (QED) is 0.754. The smallest absolute Gasteiger partial charge is 0.328 e. The number of hydrogen-bond donors (Lipinski definition) is 1. The molecule has 4 nitrogen and oxygen atoms in total. The first-order chi connectivity index (χ1) is 7.16. The van der Waals surface area contributed by atoms with Crippen molar-refractivity contribution in [1.29, 1.82) is 0 Å². The summed E-state index contributed by atoms with van der Waals surface area (Å²) in [4.78, 5) is 14.5. The summed E-state index contributed by atoms with van der Waals surface area (Å²) >= 11 is 0. The molecule has 2 aromatic heterocycles. The summed E-state index contributed by atoms with van der Waals surface area (Å²) < 4.78 is 1.86. The van der Waals surface area contributed by atoms with E-state index >= 15 is 0 Å². The molecular weight excluding hydrogens is 192 g/mol. The van der Waals surface area contributed by atoms with Gasteiger partial charge in [-0.1, -0.05) is 6.07 Å². The van der Waals surface area contributed by atoms with Gasteiger partial charge in [-0.05, 0) is 24.6 Å². The van der Waals surface area contributed by atoms with Crippen molar-refractivity contribution in [2.24, 2.45) is 0 Å². The Bertz CT molecular complexity index is 541. The molecule has 0 saturated carbocycles. The van der Waals surface area contributed by atoms with Gasteiger partial charge in [-0.3, -0.25) is 0 Å². The van der Waals surface area contributed by atoms with Crippen molar-refractivity contribution in [3.8, 4) is 0 Å². The fraction of sp³-hybridized carbons (Fsp3) is 0.0909. The van der Waals surface area contributed by atoms with Gasteiger partial charge in [-0.15, -0.1) is 0 Å². The summed E-state index contributed by atoms with van der Waals surface area (Å²) in [6.45, 7) is 1.98. The van der Waals surface area contributed by atoms with Gasteiger partial charge in [0, 0.05) is 12.3 Å². The van der Waals surface area contributed by atoms with Crippen LogP contribution >= 0.6 is 0 Å². The van der Waals surface area contributed by atoms with E-state index in [-0.39, 0.29) is 0 Å². The molecule has 0 aliphatic heterocycles. The van der Waals surface area contributed by atoms with Crippen molar-refractivity contribution in [3.05, 3.63) is 41.9 Å².